The first kappa shape index (κ1) is 16.7. The van der Waals surface area contributed by atoms with Crippen LogP contribution in [0.15, 0.2) is 6.07 Å². The second-order valence-corrected chi connectivity index (χ2v) is 4.60. The first-order valence-corrected chi connectivity index (χ1v) is 7.62. The van der Waals surface area contributed by atoms with E-state index in [4.69, 9.17) is 9.47 Å². The molecule has 0 aliphatic rings. The fourth-order valence-electron chi connectivity index (χ4n) is 1.60. The Bertz CT molecular complexity index is 372. The van der Waals surface area contributed by atoms with Crippen molar-refractivity contribution in [3.63, 3.8) is 0 Å². The number of rotatable bonds is 11. The molecule has 0 aliphatic heterocycles. The van der Waals surface area contributed by atoms with Crippen molar-refractivity contribution in [2.45, 2.75) is 46.5 Å². The van der Waals surface area contributed by atoms with Gasteiger partial charge in [-0.25, -0.2) is 4.98 Å². The van der Waals surface area contributed by atoms with Crippen LogP contribution in [0.1, 0.15) is 45.9 Å². The second kappa shape index (κ2) is 10.4. The maximum atomic E-state index is 5.63. The van der Waals surface area contributed by atoms with Crippen molar-refractivity contribution in [1.82, 2.24) is 9.97 Å². The molecule has 0 aliphatic carbocycles. The lowest BCUT2D eigenvalue weighted by Crippen LogP contribution is -2.10. The number of anilines is 1. The molecule has 114 valence electrons. The first-order chi connectivity index (χ1) is 9.80. The Kier molecular flexibility index (Phi) is 8.71. The maximum Gasteiger partial charge on any atom is 0.218 e. The van der Waals surface area contributed by atoms with Gasteiger partial charge in [0.1, 0.15) is 18.2 Å². The molecule has 0 atom stereocenters. The van der Waals surface area contributed by atoms with Crippen LogP contribution in [0, 0.1) is 0 Å². The van der Waals surface area contributed by atoms with Crippen molar-refractivity contribution in [2.75, 3.05) is 31.7 Å². The van der Waals surface area contributed by atoms with Crippen molar-refractivity contribution in [3.05, 3.63) is 11.9 Å². The molecule has 1 rings (SSSR count). The van der Waals surface area contributed by atoms with Crippen molar-refractivity contribution < 1.29 is 9.47 Å². The minimum absolute atomic E-state index is 0.525. The van der Waals surface area contributed by atoms with Crippen molar-refractivity contribution in [2.24, 2.45) is 0 Å². The summed E-state index contributed by atoms with van der Waals surface area (Å²) >= 11 is 0. The summed E-state index contributed by atoms with van der Waals surface area (Å²) in [5, 5.41) is 3.27. The Balaban J connectivity index is 2.42. The summed E-state index contributed by atoms with van der Waals surface area (Å²) in [5.41, 5.74) is 0. The summed E-state index contributed by atoms with van der Waals surface area (Å²) in [4.78, 5) is 8.79. The molecule has 5 nitrogen and oxygen atoms in total. The Hall–Kier alpha value is -1.36. The lowest BCUT2D eigenvalue weighted by Gasteiger charge is -2.10. The van der Waals surface area contributed by atoms with Gasteiger partial charge in [-0.2, -0.15) is 4.98 Å². The largest absolute Gasteiger partial charge is 0.475 e. The highest BCUT2D eigenvalue weighted by molar-refractivity contribution is 5.38. The molecule has 20 heavy (non-hydrogen) atoms. The quantitative estimate of drug-likeness (QED) is 0.632. The Morgan fingerprint density at radius 2 is 1.90 bits per heavy atom. The molecule has 1 N–H and O–H groups in total. The smallest absolute Gasteiger partial charge is 0.218 e. The van der Waals surface area contributed by atoms with Crippen molar-refractivity contribution in [3.8, 4) is 5.88 Å². The highest BCUT2D eigenvalue weighted by atomic mass is 16.5. The second-order valence-electron chi connectivity index (χ2n) is 4.60. The first-order valence-electron chi connectivity index (χ1n) is 7.62. The highest BCUT2D eigenvalue weighted by Gasteiger charge is 2.04. The summed E-state index contributed by atoms with van der Waals surface area (Å²) in [6.07, 6.45) is 4.11. The van der Waals surface area contributed by atoms with Crippen LogP contribution in [0.25, 0.3) is 0 Å². The van der Waals surface area contributed by atoms with E-state index >= 15 is 0 Å². The molecule has 0 spiro atoms. The van der Waals surface area contributed by atoms with Crippen LogP contribution in [0.5, 0.6) is 5.88 Å². The zero-order valence-electron chi connectivity index (χ0n) is 12.9. The van der Waals surface area contributed by atoms with Gasteiger partial charge in [0, 0.05) is 25.6 Å². The topological polar surface area (TPSA) is 56.3 Å². The normalized spacial score (nSPS) is 10.6. The molecule has 0 fully saturated rings. The van der Waals surface area contributed by atoms with Gasteiger partial charge in [0.15, 0.2) is 0 Å². The van der Waals surface area contributed by atoms with Crippen LogP contribution in [0.4, 0.5) is 5.82 Å². The Morgan fingerprint density at radius 3 is 2.60 bits per heavy atom. The van der Waals surface area contributed by atoms with Gasteiger partial charge < -0.3 is 14.8 Å². The molecule has 1 aromatic rings. The number of nitrogens with one attached hydrogen (secondary N) is 1. The average Bonchev–Trinajstić information content (AvgIpc) is 2.48. The molecule has 5 heteroatoms. The number of unbranched alkanes of at least 4 members (excludes halogenated alkanes) is 1. The third-order valence-electron chi connectivity index (χ3n) is 2.74. The molecule has 0 aromatic carbocycles. The molecule has 0 saturated heterocycles. The SMILES string of the molecule is CCCCOCCOc1cc(NCCC)nc(CC)n1. The van der Waals surface area contributed by atoms with E-state index in [1.54, 1.807) is 0 Å². The molecular formula is C15H27N3O2. The summed E-state index contributed by atoms with van der Waals surface area (Å²) in [6, 6.07) is 1.85. The molecule has 0 saturated carbocycles. The van der Waals surface area contributed by atoms with Gasteiger partial charge in [-0.05, 0) is 12.8 Å². The van der Waals surface area contributed by atoms with Gasteiger partial charge in [0.25, 0.3) is 0 Å². The summed E-state index contributed by atoms with van der Waals surface area (Å²) in [7, 11) is 0. The van der Waals surface area contributed by atoms with Crippen LogP contribution in [-0.2, 0) is 11.2 Å². The van der Waals surface area contributed by atoms with Crippen molar-refractivity contribution in [1.29, 1.82) is 0 Å². The van der Waals surface area contributed by atoms with Gasteiger partial charge in [0.2, 0.25) is 5.88 Å². The van der Waals surface area contributed by atoms with Gasteiger partial charge in [-0.15, -0.1) is 0 Å². The third kappa shape index (κ3) is 6.70. The van der Waals surface area contributed by atoms with Crippen LogP contribution in [0.3, 0.4) is 0 Å². The predicted octanol–water partition coefficient (Wildman–Crippen LogP) is 3.06. The van der Waals surface area contributed by atoms with Crippen LogP contribution < -0.4 is 10.1 Å². The average molecular weight is 281 g/mol. The highest BCUT2D eigenvalue weighted by Crippen LogP contribution is 2.14. The summed E-state index contributed by atoms with van der Waals surface area (Å²) < 4.78 is 11.1. The fraction of sp³-hybridized carbons (Fsp3) is 0.733. The number of aryl methyl sites for hydroxylation is 1. The molecule has 1 aromatic heterocycles. The lowest BCUT2D eigenvalue weighted by atomic mass is 10.4. The fourth-order valence-corrected chi connectivity index (χ4v) is 1.60. The van der Waals surface area contributed by atoms with E-state index < -0.39 is 0 Å². The summed E-state index contributed by atoms with van der Waals surface area (Å²) in [5.74, 6) is 2.25. The zero-order valence-corrected chi connectivity index (χ0v) is 12.9. The van der Waals surface area contributed by atoms with Gasteiger partial charge in [-0.1, -0.05) is 27.2 Å². The lowest BCUT2D eigenvalue weighted by molar-refractivity contribution is 0.0964. The number of hydrogen-bond donors (Lipinski definition) is 1. The number of nitrogens with zero attached hydrogens (tertiary/aromatic N) is 2. The van der Waals surface area contributed by atoms with E-state index in [9.17, 15) is 0 Å². The molecule has 0 unspecified atom stereocenters. The molecule has 1 heterocycles. The minimum atomic E-state index is 0.525. The molecule has 0 radical (unpaired) electrons. The van der Waals surface area contributed by atoms with Crippen LogP contribution >= 0.6 is 0 Å². The molecular weight excluding hydrogens is 254 g/mol. The van der Waals surface area contributed by atoms with Crippen LogP contribution in [-0.4, -0.2) is 36.3 Å². The third-order valence-corrected chi connectivity index (χ3v) is 2.74. The monoisotopic (exact) mass is 281 g/mol. The number of ether oxygens (including phenoxy) is 2. The van der Waals surface area contributed by atoms with E-state index in [1.165, 1.54) is 0 Å². The van der Waals surface area contributed by atoms with Gasteiger partial charge in [-0.3, -0.25) is 0 Å². The van der Waals surface area contributed by atoms with E-state index in [2.05, 4.69) is 29.1 Å². The van der Waals surface area contributed by atoms with E-state index in [0.29, 0.717) is 19.1 Å². The molecule has 0 bridgehead atoms. The summed E-state index contributed by atoms with van der Waals surface area (Å²) in [6.45, 7) is 9.14. The maximum absolute atomic E-state index is 5.63. The Labute approximate surface area is 122 Å². The van der Waals surface area contributed by atoms with E-state index in [-0.39, 0.29) is 0 Å². The van der Waals surface area contributed by atoms with Crippen LogP contribution in [0.2, 0.25) is 0 Å². The van der Waals surface area contributed by atoms with E-state index in [0.717, 1.165) is 50.5 Å². The number of hydrogen-bond acceptors (Lipinski definition) is 5. The predicted molar refractivity (Wildman–Crippen MR) is 81.4 cm³/mol. The van der Waals surface area contributed by atoms with Gasteiger partial charge >= 0.3 is 0 Å². The zero-order chi connectivity index (χ0) is 14.6. The van der Waals surface area contributed by atoms with Crippen molar-refractivity contribution >= 4 is 5.82 Å². The Morgan fingerprint density at radius 1 is 1.05 bits per heavy atom. The number of aromatic nitrogens is 2. The molecule has 0 amide bonds. The minimum Gasteiger partial charge on any atom is -0.475 e. The standard InChI is InChI=1S/C15H27N3O2/c1-4-7-9-19-10-11-20-15-12-14(16-8-5-2)17-13(6-3)18-15/h12H,4-11H2,1-3H3,(H,16,17,18). The van der Waals surface area contributed by atoms with Gasteiger partial charge in [0.05, 0.1) is 6.61 Å². The van der Waals surface area contributed by atoms with E-state index in [1.807, 2.05) is 13.0 Å².